The average Bonchev–Trinajstić information content (AvgIpc) is 2.69. The van der Waals surface area contributed by atoms with Gasteiger partial charge in [-0.2, -0.15) is 0 Å². The zero-order valence-corrected chi connectivity index (χ0v) is 10.0. The molecule has 1 aromatic carbocycles. The van der Waals surface area contributed by atoms with E-state index >= 15 is 0 Å². The zero-order valence-electron chi connectivity index (χ0n) is 10.0. The Morgan fingerprint density at radius 2 is 1.55 bits per heavy atom. The Kier molecular flexibility index (Phi) is 3.52. The third-order valence-electron chi connectivity index (χ3n) is 2.70. The van der Waals surface area contributed by atoms with Gasteiger partial charge in [-0.3, -0.25) is 9.59 Å². The first-order valence-corrected chi connectivity index (χ1v) is 5.67. The fourth-order valence-electron chi connectivity index (χ4n) is 1.63. The molecule has 0 saturated carbocycles. The van der Waals surface area contributed by atoms with E-state index in [1.807, 2.05) is 0 Å². The van der Waals surface area contributed by atoms with Crippen molar-refractivity contribution >= 4 is 30.2 Å². The van der Waals surface area contributed by atoms with Gasteiger partial charge in [-0.1, -0.05) is 24.3 Å². The summed E-state index contributed by atoms with van der Waals surface area (Å²) >= 11 is 0. The van der Waals surface area contributed by atoms with Gasteiger partial charge in [0.2, 0.25) is 0 Å². The molecular formula is C11H8BF3NO4-. The number of hydroxylamine groups is 2. The Balaban J connectivity index is 2.10. The summed E-state index contributed by atoms with van der Waals surface area (Å²) in [4.78, 5) is 38.6. The second kappa shape index (κ2) is 4.99. The first-order valence-electron chi connectivity index (χ1n) is 5.67. The Labute approximate surface area is 111 Å². The summed E-state index contributed by atoms with van der Waals surface area (Å²) in [6.07, 6.45) is -0.108. The van der Waals surface area contributed by atoms with E-state index < -0.39 is 30.2 Å². The molecule has 0 spiro atoms. The van der Waals surface area contributed by atoms with E-state index in [9.17, 15) is 27.3 Å². The molecule has 0 radical (unpaired) electrons. The number of imide groups is 1. The summed E-state index contributed by atoms with van der Waals surface area (Å²) in [6, 6.07) is 3.34. The van der Waals surface area contributed by atoms with Gasteiger partial charge < -0.3 is 17.8 Å². The highest BCUT2D eigenvalue weighted by molar-refractivity contribution is 6.73. The van der Waals surface area contributed by atoms with Gasteiger partial charge in [-0.15, -0.1) is 10.5 Å². The summed E-state index contributed by atoms with van der Waals surface area (Å²) in [5, 5.41) is 0.337. The monoisotopic (exact) mass is 286 g/mol. The van der Waals surface area contributed by atoms with Crippen molar-refractivity contribution in [2.45, 2.75) is 12.8 Å². The molecule has 1 aromatic rings. The van der Waals surface area contributed by atoms with E-state index in [0.29, 0.717) is 5.06 Å². The fourth-order valence-corrected chi connectivity index (χ4v) is 1.63. The van der Waals surface area contributed by atoms with E-state index in [2.05, 4.69) is 4.84 Å². The van der Waals surface area contributed by atoms with Crippen molar-refractivity contribution in [1.82, 2.24) is 5.06 Å². The van der Waals surface area contributed by atoms with Gasteiger partial charge >= 0.3 is 12.9 Å². The quantitative estimate of drug-likeness (QED) is 0.613. The summed E-state index contributed by atoms with van der Waals surface area (Å²) in [5.74, 6) is -2.37. The maximum atomic E-state index is 12.4. The van der Waals surface area contributed by atoms with Crippen LogP contribution in [0.3, 0.4) is 0 Å². The van der Waals surface area contributed by atoms with Crippen molar-refractivity contribution in [3.05, 3.63) is 29.8 Å². The van der Waals surface area contributed by atoms with Crippen molar-refractivity contribution in [2.75, 3.05) is 0 Å². The predicted octanol–water partition coefficient (Wildman–Crippen LogP) is 0.962. The molecule has 5 nitrogen and oxygen atoms in total. The van der Waals surface area contributed by atoms with E-state index in [-0.39, 0.29) is 18.4 Å². The van der Waals surface area contributed by atoms with Crippen LogP contribution in [0.4, 0.5) is 12.9 Å². The molecule has 0 unspecified atom stereocenters. The number of halogens is 3. The summed E-state index contributed by atoms with van der Waals surface area (Å²) < 4.78 is 37.2. The number of rotatable bonds is 3. The molecule has 0 N–H and O–H groups in total. The average molecular weight is 286 g/mol. The lowest BCUT2D eigenvalue weighted by molar-refractivity contribution is -0.172. The van der Waals surface area contributed by atoms with Gasteiger partial charge in [0, 0.05) is 12.8 Å². The van der Waals surface area contributed by atoms with Gasteiger partial charge in [0.15, 0.2) is 0 Å². The van der Waals surface area contributed by atoms with Crippen molar-refractivity contribution in [3.63, 3.8) is 0 Å². The Hall–Kier alpha value is -2.32. The van der Waals surface area contributed by atoms with Gasteiger partial charge in [-0.25, -0.2) is 4.79 Å². The molecule has 1 aliphatic heterocycles. The molecule has 1 fully saturated rings. The SMILES string of the molecule is O=C(ON1C(=O)CCC1=O)c1ccc([B-](F)(F)F)cc1. The second-order valence-corrected chi connectivity index (χ2v) is 4.16. The third-order valence-corrected chi connectivity index (χ3v) is 2.70. The molecule has 1 aliphatic rings. The number of hydrogen-bond acceptors (Lipinski definition) is 4. The molecule has 1 heterocycles. The topological polar surface area (TPSA) is 63.7 Å². The minimum Gasteiger partial charge on any atom is -0.445 e. The van der Waals surface area contributed by atoms with E-state index in [0.717, 1.165) is 24.3 Å². The molecule has 1 saturated heterocycles. The van der Waals surface area contributed by atoms with Crippen LogP contribution < -0.4 is 5.46 Å². The van der Waals surface area contributed by atoms with Gasteiger partial charge in [0.25, 0.3) is 11.8 Å². The molecule has 106 valence electrons. The maximum absolute atomic E-state index is 12.4. The molecule has 2 rings (SSSR count). The largest absolute Gasteiger partial charge is 0.509 e. The lowest BCUT2D eigenvalue weighted by atomic mass is 9.80. The van der Waals surface area contributed by atoms with Crippen LogP contribution in [0, 0.1) is 0 Å². The molecule has 0 aliphatic carbocycles. The minimum atomic E-state index is -5.14. The summed E-state index contributed by atoms with van der Waals surface area (Å²) in [7, 11) is 0. The van der Waals surface area contributed by atoms with Crippen LogP contribution in [0.1, 0.15) is 23.2 Å². The van der Waals surface area contributed by atoms with Crippen LogP contribution in [-0.2, 0) is 14.4 Å². The zero-order chi connectivity index (χ0) is 14.9. The van der Waals surface area contributed by atoms with Crippen LogP contribution in [0.5, 0.6) is 0 Å². The number of nitrogens with zero attached hydrogens (tertiary/aromatic N) is 1. The van der Waals surface area contributed by atoms with Crippen molar-refractivity contribution in [1.29, 1.82) is 0 Å². The number of carbonyl (C=O) groups is 3. The van der Waals surface area contributed by atoms with Crippen LogP contribution in [0.25, 0.3) is 0 Å². The number of hydrogen-bond donors (Lipinski definition) is 0. The highest BCUT2D eigenvalue weighted by atomic mass is 19.4. The fraction of sp³-hybridized carbons (Fsp3) is 0.182. The van der Waals surface area contributed by atoms with Gasteiger partial charge in [-0.05, 0) is 0 Å². The molecule has 2 amide bonds. The van der Waals surface area contributed by atoms with E-state index in [1.165, 1.54) is 0 Å². The number of carbonyl (C=O) groups excluding carboxylic acids is 3. The lowest BCUT2D eigenvalue weighted by Gasteiger charge is -2.15. The Morgan fingerprint density at radius 1 is 1.05 bits per heavy atom. The number of benzene rings is 1. The third kappa shape index (κ3) is 2.81. The van der Waals surface area contributed by atoms with Crippen LogP contribution in [0.2, 0.25) is 0 Å². The van der Waals surface area contributed by atoms with Crippen LogP contribution >= 0.6 is 0 Å². The Morgan fingerprint density at radius 3 is 2.00 bits per heavy atom. The summed E-state index contributed by atoms with van der Waals surface area (Å²) in [5.41, 5.74) is -1.03. The minimum absolute atomic E-state index is 0.0539. The lowest BCUT2D eigenvalue weighted by Crippen LogP contribution is -2.34. The van der Waals surface area contributed by atoms with Crippen molar-refractivity contribution in [3.8, 4) is 0 Å². The van der Waals surface area contributed by atoms with Crippen LogP contribution in [-0.4, -0.2) is 29.8 Å². The first-order chi connectivity index (χ1) is 9.29. The molecule has 0 aromatic heterocycles. The standard InChI is InChI=1S/C11H8BF3NO4/c13-12(14,15)8-3-1-7(2-4-8)11(19)20-16-9(17)5-6-10(16)18/h1-4H,5-6H2/q-1. The highest BCUT2D eigenvalue weighted by Crippen LogP contribution is 2.15. The first kappa shape index (κ1) is 14.1. The van der Waals surface area contributed by atoms with Crippen molar-refractivity contribution < 1.29 is 32.2 Å². The van der Waals surface area contributed by atoms with E-state index in [1.54, 1.807) is 0 Å². The van der Waals surface area contributed by atoms with Crippen molar-refractivity contribution in [2.24, 2.45) is 0 Å². The van der Waals surface area contributed by atoms with Gasteiger partial charge in [0.1, 0.15) is 0 Å². The normalized spacial score (nSPS) is 15.7. The Bertz CT molecular complexity index is 554. The maximum Gasteiger partial charge on any atom is 0.509 e. The smallest absolute Gasteiger partial charge is 0.445 e. The molecule has 0 atom stereocenters. The van der Waals surface area contributed by atoms with E-state index in [4.69, 9.17) is 0 Å². The second-order valence-electron chi connectivity index (χ2n) is 4.16. The molecule has 0 bridgehead atoms. The highest BCUT2D eigenvalue weighted by Gasteiger charge is 2.33. The molecule has 9 heteroatoms. The predicted molar refractivity (Wildman–Crippen MR) is 61.7 cm³/mol. The summed E-state index contributed by atoms with van der Waals surface area (Å²) in [6.45, 7) is -5.14. The molecule has 20 heavy (non-hydrogen) atoms. The van der Waals surface area contributed by atoms with Crippen LogP contribution in [0.15, 0.2) is 24.3 Å². The number of amides is 2. The molecular weight excluding hydrogens is 278 g/mol. The van der Waals surface area contributed by atoms with Gasteiger partial charge in [0.05, 0.1) is 5.56 Å².